The lowest BCUT2D eigenvalue weighted by molar-refractivity contribution is 0.289. The fourth-order valence-electron chi connectivity index (χ4n) is 2.99. The van der Waals surface area contributed by atoms with Crippen LogP contribution in [0, 0.1) is 0 Å². The number of hydrogen-bond donors (Lipinski definition) is 1. The molecule has 1 aliphatic heterocycles. The minimum atomic E-state index is 0.446. The van der Waals surface area contributed by atoms with Crippen molar-refractivity contribution in [2.45, 2.75) is 26.2 Å². The Kier molecular flexibility index (Phi) is 6.03. The number of rotatable bonds is 7. The minimum Gasteiger partial charge on any atom is -0.493 e. The Labute approximate surface area is 138 Å². The summed E-state index contributed by atoms with van der Waals surface area (Å²) < 4.78 is 10.9. The lowest BCUT2D eigenvalue weighted by atomic mass is 9.87. The van der Waals surface area contributed by atoms with E-state index in [0.29, 0.717) is 5.92 Å². The van der Waals surface area contributed by atoms with E-state index in [-0.39, 0.29) is 0 Å². The molecule has 0 radical (unpaired) electrons. The van der Waals surface area contributed by atoms with E-state index in [1.165, 1.54) is 5.56 Å². The van der Waals surface area contributed by atoms with Gasteiger partial charge in [0.15, 0.2) is 11.5 Å². The van der Waals surface area contributed by atoms with Gasteiger partial charge in [-0.15, -0.1) is 0 Å². The second-order valence-electron chi connectivity index (χ2n) is 5.52. The number of benzene rings is 1. The Morgan fingerprint density at radius 1 is 1.18 bits per heavy atom. The van der Waals surface area contributed by atoms with E-state index in [0.717, 1.165) is 54.7 Å². The van der Waals surface area contributed by atoms with Crippen molar-refractivity contribution in [2.24, 2.45) is 0 Å². The normalized spacial score (nSPS) is 17.1. The third-order valence-corrected chi connectivity index (χ3v) is 4.80. The van der Waals surface area contributed by atoms with E-state index in [1.54, 1.807) is 14.2 Å². The van der Waals surface area contributed by atoms with Crippen molar-refractivity contribution in [3.63, 3.8) is 0 Å². The molecule has 1 aliphatic rings. The smallest absolute Gasteiger partial charge is 0.161 e. The Morgan fingerprint density at radius 2 is 1.82 bits per heavy atom. The van der Waals surface area contributed by atoms with Crippen LogP contribution in [0.1, 0.15) is 37.3 Å². The van der Waals surface area contributed by atoms with Crippen LogP contribution in [0.5, 0.6) is 11.5 Å². The van der Waals surface area contributed by atoms with Crippen molar-refractivity contribution in [3.05, 3.63) is 23.3 Å². The largest absolute Gasteiger partial charge is 0.493 e. The van der Waals surface area contributed by atoms with Gasteiger partial charge in [-0.25, -0.2) is 0 Å². The van der Waals surface area contributed by atoms with Crippen molar-refractivity contribution in [1.82, 2.24) is 10.2 Å². The number of methoxy groups -OCH3 is 2. The highest BCUT2D eigenvalue weighted by Gasteiger charge is 2.25. The molecule has 0 saturated carbocycles. The van der Waals surface area contributed by atoms with Crippen molar-refractivity contribution in [2.75, 3.05) is 40.4 Å². The maximum Gasteiger partial charge on any atom is 0.161 e. The standard InChI is InChI=1S/C17H26N2O2S/c1-5-19(6-2)8-7-12-11-18-17(22)14-10-16(21-4)15(20-3)9-13(12)14/h9-10,12H,5-8,11H2,1-4H3,(H,18,22). The van der Waals surface area contributed by atoms with E-state index < -0.39 is 0 Å². The van der Waals surface area contributed by atoms with Crippen LogP contribution in [-0.2, 0) is 0 Å². The quantitative estimate of drug-likeness (QED) is 0.781. The number of thiocarbonyl (C=S) groups is 1. The van der Waals surface area contributed by atoms with Crippen LogP contribution in [0.15, 0.2) is 12.1 Å². The number of fused-ring (bicyclic) bond motifs is 1. The summed E-state index contributed by atoms with van der Waals surface area (Å²) in [4.78, 5) is 3.25. The van der Waals surface area contributed by atoms with Gasteiger partial charge in [-0.3, -0.25) is 0 Å². The minimum absolute atomic E-state index is 0.446. The van der Waals surface area contributed by atoms with Gasteiger partial charge >= 0.3 is 0 Å². The van der Waals surface area contributed by atoms with E-state index in [2.05, 4.69) is 30.1 Å². The van der Waals surface area contributed by atoms with Crippen LogP contribution in [-0.4, -0.2) is 50.3 Å². The van der Waals surface area contributed by atoms with Crippen molar-refractivity contribution in [1.29, 1.82) is 0 Å². The zero-order valence-electron chi connectivity index (χ0n) is 13.9. The van der Waals surface area contributed by atoms with E-state index in [9.17, 15) is 0 Å². The molecule has 1 atom stereocenters. The molecule has 0 bridgehead atoms. The van der Waals surface area contributed by atoms with Gasteiger partial charge in [0.2, 0.25) is 0 Å². The molecule has 122 valence electrons. The fourth-order valence-corrected chi connectivity index (χ4v) is 3.25. The molecule has 1 aromatic rings. The number of hydrogen-bond acceptors (Lipinski definition) is 4. The van der Waals surface area contributed by atoms with Gasteiger partial charge in [-0.05, 0) is 43.8 Å². The Hall–Kier alpha value is -1.33. The maximum absolute atomic E-state index is 5.46. The molecule has 5 heteroatoms. The first-order chi connectivity index (χ1) is 10.6. The summed E-state index contributed by atoms with van der Waals surface area (Å²) >= 11 is 5.46. The predicted octanol–water partition coefficient (Wildman–Crippen LogP) is 2.80. The molecule has 1 aromatic carbocycles. The van der Waals surface area contributed by atoms with Gasteiger partial charge in [-0.1, -0.05) is 26.1 Å². The predicted molar refractivity (Wildman–Crippen MR) is 94.4 cm³/mol. The van der Waals surface area contributed by atoms with Gasteiger partial charge in [-0.2, -0.15) is 0 Å². The van der Waals surface area contributed by atoms with Gasteiger partial charge in [0.25, 0.3) is 0 Å². The molecule has 2 rings (SSSR count). The molecular formula is C17H26N2O2S. The summed E-state index contributed by atoms with van der Waals surface area (Å²) in [6, 6.07) is 4.08. The van der Waals surface area contributed by atoms with Gasteiger partial charge < -0.3 is 19.7 Å². The summed E-state index contributed by atoms with van der Waals surface area (Å²) in [5.74, 6) is 1.95. The van der Waals surface area contributed by atoms with Crippen molar-refractivity contribution in [3.8, 4) is 11.5 Å². The van der Waals surface area contributed by atoms with E-state index in [4.69, 9.17) is 21.7 Å². The van der Waals surface area contributed by atoms with E-state index in [1.807, 2.05) is 6.07 Å². The Bertz CT molecular complexity index is 530. The summed E-state index contributed by atoms with van der Waals surface area (Å²) in [5.41, 5.74) is 2.34. The summed E-state index contributed by atoms with van der Waals surface area (Å²) in [6.07, 6.45) is 1.11. The lowest BCUT2D eigenvalue weighted by Gasteiger charge is -2.30. The molecule has 0 aromatic heterocycles. The lowest BCUT2D eigenvalue weighted by Crippen LogP contribution is -2.36. The van der Waals surface area contributed by atoms with Crippen LogP contribution in [0.25, 0.3) is 0 Å². The van der Waals surface area contributed by atoms with Crippen molar-refractivity contribution >= 4 is 17.2 Å². The molecule has 1 unspecified atom stereocenters. The molecule has 1 N–H and O–H groups in total. The molecule has 0 spiro atoms. The fraction of sp³-hybridized carbons (Fsp3) is 0.588. The molecule has 0 aliphatic carbocycles. The van der Waals surface area contributed by atoms with Crippen LogP contribution < -0.4 is 14.8 Å². The zero-order chi connectivity index (χ0) is 16.1. The average molecular weight is 322 g/mol. The van der Waals surface area contributed by atoms with Gasteiger partial charge in [0.1, 0.15) is 4.99 Å². The number of nitrogens with zero attached hydrogens (tertiary/aromatic N) is 1. The average Bonchev–Trinajstić information content (AvgIpc) is 2.56. The second kappa shape index (κ2) is 7.79. The molecule has 0 amide bonds. The molecule has 0 fully saturated rings. The third kappa shape index (κ3) is 3.52. The second-order valence-corrected chi connectivity index (χ2v) is 5.93. The topological polar surface area (TPSA) is 33.7 Å². The SMILES string of the molecule is CCN(CC)CCC1CNC(=S)c2cc(OC)c(OC)cc21. The number of ether oxygens (including phenoxy) is 2. The van der Waals surface area contributed by atoms with Crippen molar-refractivity contribution < 1.29 is 9.47 Å². The van der Waals surface area contributed by atoms with Gasteiger partial charge in [0, 0.05) is 18.0 Å². The Morgan fingerprint density at radius 3 is 2.41 bits per heavy atom. The molecule has 4 nitrogen and oxygen atoms in total. The Balaban J connectivity index is 2.27. The summed E-state index contributed by atoms with van der Waals surface area (Å²) in [6.45, 7) is 8.59. The van der Waals surface area contributed by atoms with Gasteiger partial charge in [0.05, 0.1) is 14.2 Å². The maximum atomic E-state index is 5.46. The first-order valence-electron chi connectivity index (χ1n) is 7.91. The zero-order valence-corrected chi connectivity index (χ0v) is 14.8. The monoisotopic (exact) mass is 322 g/mol. The summed E-state index contributed by atoms with van der Waals surface area (Å²) in [5, 5.41) is 3.35. The van der Waals surface area contributed by atoms with Crippen LogP contribution in [0.3, 0.4) is 0 Å². The first-order valence-corrected chi connectivity index (χ1v) is 8.31. The highest BCUT2D eigenvalue weighted by atomic mass is 32.1. The first kappa shape index (κ1) is 17.0. The van der Waals surface area contributed by atoms with Crippen LogP contribution >= 0.6 is 12.2 Å². The van der Waals surface area contributed by atoms with Crippen LogP contribution in [0.2, 0.25) is 0 Å². The van der Waals surface area contributed by atoms with Crippen LogP contribution in [0.4, 0.5) is 0 Å². The molecular weight excluding hydrogens is 296 g/mol. The highest BCUT2D eigenvalue weighted by molar-refractivity contribution is 7.80. The number of nitrogens with one attached hydrogen (secondary N) is 1. The van der Waals surface area contributed by atoms with E-state index >= 15 is 0 Å². The molecule has 1 heterocycles. The highest BCUT2D eigenvalue weighted by Crippen LogP contribution is 2.36. The third-order valence-electron chi connectivity index (χ3n) is 4.44. The summed E-state index contributed by atoms with van der Waals surface area (Å²) in [7, 11) is 3.33. The molecule has 0 saturated heterocycles. The molecule has 22 heavy (non-hydrogen) atoms.